The lowest BCUT2D eigenvalue weighted by molar-refractivity contribution is 0.0691. The highest BCUT2D eigenvalue weighted by atomic mass is 32.1. The summed E-state index contributed by atoms with van der Waals surface area (Å²) in [7, 11) is 0. The van der Waals surface area contributed by atoms with Crippen molar-refractivity contribution in [1.82, 2.24) is 14.8 Å². The Labute approximate surface area is 212 Å². The van der Waals surface area contributed by atoms with Crippen molar-refractivity contribution in [1.29, 1.82) is 0 Å². The van der Waals surface area contributed by atoms with Crippen LogP contribution in [0.5, 0.6) is 0 Å². The van der Waals surface area contributed by atoms with Gasteiger partial charge in [-0.05, 0) is 53.0 Å². The Morgan fingerprint density at radius 3 is 2.14 bits per heavy atom. The molecule has 0 aliphatic carbocycles. The first-order chi connectivity index (χ1) is 16.7. The van der Waals surface area contributed by atoms with Crippen LogP contribution in [0.2, 0.25) is 0 Å². The predicted molar refractivity (Wildman–Crippen MR) is 141 cm³/mol. The van der Waals surface area contributed by atoms with Crippen LogP contribution in [-0.4, -0.2) is 33.8 Å². The summed E-state index contributed by atoms with van der Waals surface area (Å²) in [6.07, 6.45) is 2.12. The van der Waals surface area contributed by atoms with Gasteiger partial charge in [0, 0.05) is 31.6 Å². The third-order valence-electron chi connectivity index (χ3n) is 6.75. The molecule has 6 heteroatoms. The molecule has 0 atom stereocenters. The van der Waals surface area contributed by atoms with E-state index in [1.165, 1.54) is 34.6 Å². The number of carbonyl (C=O) groups is 1. The van der Waals surface area contributed by atoms with Gasteiger partial charge in [0.05, 0.1) is 6.54 Å². The maximum absolute atomic E-state index is 13.4. The Bertz CT molecular complexity index is 1110. The van der Waals surface area contributed by atoms with Crippen LogP contribution < -0.4 is 0 Å². The third-order valence-corrected chi connectivity index (χ3v) is 7.58. The molecule has 3 aromatic rings. The number of aromatic nitrogens is 1. The number of benzene rings is 2. The van der Waals surface area contributed by atoms with Crippen molar-refractivity contribution in [2.24, 2.45) is 5.92 Å². The lowest BCUT2D eigenvalue weighted by atomic mass is 9.87. The molecular weight excluding hydrogens is 457 g/mol. The third kappa shape index (κ3) is 6.98. The summed E-state index contributed by atoms with van der Waals surface area (Å²) >= 11 is 1.54. The van der Waals surface area contributed by atoms with E-state index in [9.17, 15) is 9.18 Å². The Morgan fingerprint density at radius 2 is 1.57 bits per heavy atom. The minimum atomic E-state index is -0.228. The van der Waals surface area contributed by atoms with E-state index in [0.717, 1.165) is 43.0 Å². The van der Waals surface area contributed by atoms with Crippen molar-refractivity contribution in [2.75, 3.05) is 13.1 Å². The van der Waals surface area contributed by atoms with Gasteiger partial charge in [-0.3, -0.25) is 9.69 Å². The average Bonchev–Trinajstić information content (AvgIpc) is 3.29. The molecular formula is C29H36FN3OS. The van der Waals surface area contributed by atoms with Gasteiger partial charge in [-0.25, -0.2) is 9.37 Å². The number of rotatable bonds is 7. The Balaban J connectivity index is 1.48. The van der Waals surface area contributed by atoms with Gasteiger partial charge in [0.1, 0.15) is 16.5 Å². The minimum Gasteiger partial charge on any atom is -0.337 e. The topological polar surface area (TPSA) is 36.4 Å². The molecule has 1 fully saturated rings. The summed E-state index contributed by atoms with van der Waals surface area (Å²) in [4.78, 5) is 21.9. The van der Waals surface area contributed by atoms with Crippen molar-refractivity contribution >= 4 is 17.2 Å². The zero-order valence-corrected chi connectivity index (χ0v) is 22.1. The second-order valence-corrected chi connectivity index (χ2v) is 11.8. The Morgan fingerprint density at radius 1 is 1.00 bits per heavy atom. The molecule has 2 heterocycles. The number of hydrogen-bond acceptors (Lipinski definition) is 4. The zero-order valence-electron chi connectivity index (χ0n) is 21.3. The molecule has 1 aromatic heterocycles. The number of halogens is 1. The van der Waals surface area contributed by atoms with Gasteiger partial charge >= 0.3 is 0 Å². The first-order valence-corrected chi connectivity index (χ1v) is 13.4. The summed E-state index contributed by atoms with van der Waals surface area (Å²) in [5, 5.41) is 2.82. The van der Waals surface area contributed by atoms with Crippen molar-refractivity contribution in [3.8, 4) is 0 Å². The summed E-state index contributed by atoms with van der Waals surface area (Å²) < 4.78 is 13.4. The highest BCUT2D eigenvalue weighted by Gasteiger charge is 2.23. The average molecular weight is 494 g/mol. The Hall–Kier alpha value is -2.57. The molecule has 4 nitrogen and oxygen atoms in total. The van der Waals surface area contributed by atoms with Crippen LogP contribution in [0.3, 0.4) is 0 Å². The van der Waals surface area contributed by atoms with Gasteiger partial charge in [0.15, 0.2) is 0 Å². The molecule has 0 N–H and O–H groups in total. The molecule has 1 amide bonds. The smallest absolute Gasteiger partial charge is 0.273 e. The van der Waals surface area contributed by atoms with Crippen molar-refractivity contribution < 1.29 is 9.18 Å². The summed E-state index contributed by atoms with van der Waals surface area (Å²) in [5.41, 5.74) is 4.24. The maximum atomic E-state index is 13.4. The highest BCUT2D eigenvalue weighted by molar-refractivity contribution is 7.09. The van der Waals surface area contributed by atoms with Crippen LogP contribution in [0.4, 0.5) is 4.39 Å². The van der Waals surface area contributed by atoms with Gasteiger partial charge < -0.3 is 4.90 Å². The van der Waals surface area contributed by atoms with Crippen molar-refractivity contribution in [3.05, 3.63) is 87.1 Å². The van der Waals surface area contributed by atoms with E-state index >= 15 is 0 Å². The summed E-state index contributed by atoms with van der Waals surface area (Å²) in [5.74, 6) is 0.498. The zero-order chi connectivity index (χ0) is 25.0. The number of likely N-dealkylation sites (tertiary alicyclic amines) is 1. The van der Waals surface area contributed by atoms with Gasteiger partial charge in [-0.1, -0.05) is 64.1 Å². The molecule has 1 aliphatic rings. The molecule has 0 spiro atoms. The second kappa shape index (κ2) is 11.0. The van der Waals surface area contributed by atoms with Crippen LogP contribution in [0.15, 0.2) is 53.9 Å². The second-order valence-electron chi connectivity index (χ2n) is 10.8. The molecule has 0 unspecified atom stereocenters. The molecule has 0 saturated carbocycles. The molecule has 4 rings (SSSR count). The SMILES string of the molecule is CC1CCN(C(=O)c2csc(CN(Cc3ccc(F)cc3)Cc3ccc(C(C)(C)C)cc3)n2)CC1. The first kappa shape index (κ1) is 25.5. The highest BCUT2D eigenvalue weighted by Crippen LogP contribution is 2.24. The van der Waals surface area contributed by atoms with Gasteiger partial charge in [0.2, 0.25) is 0 Å². The standard InChI is InChI=1S/C29H36FN3OS/c1-21-13-15-33(16-14-21)28(34)26-20-35-27(31-26)19-32(18-23-7-11-25(30)12-8-23)17-22-5-9-24(10-6-22)29(2,3)4/h5-12,20-21H,13-19H2,1-4H3. The number of amides is 1. The van der Waals surface area contributed by atoms with Crippen molar-refractivity contribution in [2.45, 2.75) is 65.6 Å². The molecule has 35 heavy (non-hydrogen) atoms. The number of nitrogens with zero attached hydrogens (tertiary/aromatic N) is 3. The van der Waals surface area contributed by atoms with E-state index in [-0.39, 0.29) is 17.1 Å². The molecule has 1 saturated heterocycles. The van der Waals surface area contributed by atoms with Gasteiger partial charge in [-0.15, -0.1) is 11.3 Å². The van der Waals surface area contributed by atoms with Crippen LogP contribution in [0.25, 0.3) is 0 Å². The Kier molecular flexibility index (Phi) is 8.02. The number of piperidine rings is 1. The molecule has 0 radical (unpaired) electrons. The normalized spacial score (nSPS) is 15.1. The van der Waals surface area contributed by atoms with Crippen LogP contribution in [0, 0.1) is 11.7 Å². The maximum Gasteiger partial charge on any atom is 0.273 e. The fourth-order valence-corrected chi connectivity index (χ4v) is 5.24. The van der Waals surface area contributed by atoms with Crippen molar-refractivity contribution in [3.63, 3.8) is 0 Å². The lowest BCUT2D eigenvalue weighted by Gasteiger charge is -2.29. The quantitative estimate of drug-likeness (QED) is 0.369. The van der Waals surface area contributed by atoms with E-state index in [0.29, 0.717) is 24.7 Å². The van der Waals surface area contributed by atoms with Crippen LogP contribution >= 0.6 is 11.3 Å². The van der Waals surface area contributed by atoms with Gasteiger partial charge in [-0.2, -0.15) is 0 Å². The van der Waals surface area contributed by atoms with E-state index in [1.54, 1.807) is 0 Å². The lowest BCUT2D eigenvalue weighted by Crippen LogP contribution is -2.38. The van der Waals surface area contributed by atoms with Crippen LogP contribution in [0.1, 0.15) is 72.7 Å². The van der Waals surface area contributed by atoms with E-state index in [4.69, 9.17) is 4.98 Å². The predicted octanol–water partition coefficient (Wildman–Crippen LogP) is 6.65. The number of carbonyl (C=O) groups excluding carboxylic acids is 1. The molecule has 0 bridgehead atoms. The minimum absolute atomic E-state index is 0.0438. The molecule has 186 valence electrons. The fraction of sp³-hybridized carbons (Fsp3) is 0.448. The van der Waals surface area contributed by atoms with E-state index in [1.807, 2.05) is 22.4 Å². The fourth-order valence-electron chi connectivity index (χ4n) is 4.43. The van der Waals surface area contributed by atoms with E-state index < -0.39 is 0 Å². The summed E-state index contributed by atoms with van der Waals surface area (Å²) in [6, 6.07) is 15.4. The summed E-state index contributed by atoms with van der Waals surface area (Å²) in [6.45, 7) is 12.6. The largest absolute Gasteiger partial charge is 0.337 e. The van der Waals surface area contributed by atoms with Gasteiger partial charge in [0.25, 0.3) is 5.91 Å². The number of thiazole rings is 1. The molecule has 2 aromatic carbocycles. The van der Waals surface area contributed by atoms with E-state index in [2.05, 4.69) is 56.9 Å². The molecule has 1 aliphatic heterocycles. The first-order valence-electron chi connectivity index (χ1n) is 12.5. The van der Waals surface area contributed by atoms with Crippen LogP contribution in [-0.2, 0) is 25.0 Å². The number of hydrogen-bond donors (Lipinski definition) is 0. The monoisotopic (exact) mass is 493 g/mol.